The molecular weight excluding hydrogens is 487 g/mol. The molecule has 0 aromatic rings. The molecule has 0 aromatic heterocycles. The zero-order chi connectivity index (χ0) is 23.0. The molecule has 3 fully saturated rings. The lowest BCUT2D eigenvalue weighted by Crippen LogP contribution is -2.65. The number of hydrogen-bond donors (Lipinski definition) is 0. The van der Waals surface area contributed by atoms with E-state index in [9.17, 15) is 0 Å². The second-order valence-electron chi connectivity index (χ2n) is 12.1. The lowest BCUT2D eigenvalue weighted by molar-refractivity contribution is -0.102. The highest BCUT2D eigenvalue weighted by atomic mass is 127. The SMILES string of the molecule is C=C[C@@]12C[C@@H](C)C(CC)(CC)[C@@]1(C)C[C@H](C)[C@@]1(I)[C@@H]2C(=C)CCC2=CC(C)C=C[C@@]21C. The molecule has 4 aliphatic rings. The Balaban J connectivity index is 2.02. The molecule has 0 radical (unpaired) electrons. The van der Waals surface area contributed by atoms with Gasteiger partial charge in [0.15, 0.2) is 0 Å². The van der Waals surface area contributed by atoms with E-state index in [-0.39, 0.29) is 19.7 Å². The minimum atomic E-state index is 0.0911. The fourth-order valence-electron chi connectivity index (χ4n) is 9.96. The largest absolute Gasteiger partial charge is 0.102 e. The molecule has 1 unspecified atom stereocenters. The van der Waals surface area contributed by atoms with Crippen LogP contribution in [0.15, 0.2) is 48.6 Å². The number of halogens is 1. The first-order valence-corrected chi connectivity index (χ1v) is 13.9. The van der Waals surface area contributed by atoms with Crippen molar-refractivity contribution < 1.29 is 0 Å². The van der Waals surface area contributed by atoms with E-state index in [0.29, 0.717) is 23.2 Å². The standard InChI is InChI=1S/C30H45I/c1-10-28(11-2)22(6)19-29(12-3)25-21(5)13-14-24-17-20(4)15-16-26(24,8)30(25,31)23(7)18-27(28,29)9/h12,15-17,20,22-23,25H,3,5,10-11,13-14,18-19H2,1-2,4,6-9H3/t20?,22-,23+,25-,26+,27-,29+,30-/m1/s1. The Morgan fingerprint density at radius 1 is 1.06 bits per heavy atom. The van der Waals surface area contributed by atoms with Crippen LogP contribution in [0.3, 0.4) is 0 Å². The van der Waals surface area contributed by atoms with Crippen molar-refractivity contribution in [1.29, 1.82) is 0 Å². The maximum Gasteiger partial charge on any atom is 0.0446 e. The van der Waals surface area contributed by atoms with Crippen LogP contribution < -0.4 is 0 Å². The minimum absolute atomic E-state index is 0.0911. The zero-order valence-corrected chi connectivity index (χ0v) is 23.3. The predicted octanol–water partition coefficient (Wildman–Crippen LogP) is 9.33. The van der Waals surface area contributed by atoms with E-state index in [1.165, 1.54) is 37.7 Å². The summed E-state index contributed by atoms with van der Waals surface area (Å²) >= 11 is 2.95. The summed E-state index contributed by atoms with van der Waals surface area (Å²) in [4.78, 5) is 0. The van der Waals surface area contributed by atoms with Crippen molar-refractivity contribution in [1.82, 2.24) is 0 Å². The third-order valence-electron chi connectivity index (χ3n) is 11.5. The topological polar surface area (TPSA) is 0 Å². The maximum atomic E-state index is 4.85. The molecule has 0 spiro atoms. The first kappa shape index (κ1) is 23.8. The summed E-state index contributed by atoms with van der Waals surface area (Å²) < 4.78 is 0.131. The van der Waals surface area contributed by atoms with Crippen molar-refractivity contribution in [2.75, 3.05) is 0 Å². The fraction of sp³-hybridized carbons (Fsp3) is 0.733. The van der Waals surface area contributed by atoms with Crippen molar-refractivity contribution in [2.45, 2.75) is 90.4 Å². The van der Waals surface area contributed by atoms with Crippen LogP contribution in [0.25, 0.3) is 0 Å². The molecule has 4 rings (SSSR count). The molecule has 0 aromatic carbocycles. The highest BCUT2D eigenvalue weighted by Crippen LogP contribution is 2.81. The Labute approximate surface area is 206 Å². The van der Waals surface area contributed by atoms with E-state index in [1.54, 1.807) is 5.57 Å². The normalized spacial score (nSPS) is 50.7. The van der Waals surface area contributed by atoms with Crippen LogP contribution in [0.1, 0.15) is 87.0 Å². The van der Waals surface area contributed by atoms with Crippen LogP contribution in [0.5, 0.6) is 0 Å². The van der Waals surface area contributed by atoms with Crippen LogP contribution >= 0.6 is 22.6 Å². The predicted molar refractivity (Wildman–Crippen MR) is 144 cm³/mol. The number of rotatable bonds is 3. The molecule has 172 valence electrons. The van der Waals surface area contributed by atoms with Crippen LogP contribution in [-0.4, -0.2) is 3.42 Å². The second-order valence-corrected chi connectivity index (χ2v) is 13.9. The summed E-state index contributed by atoms with van der Waals surface area (Å²) in [6.07, 6.45) is 17.5. The molecule has 0 bridgehead atoms. The maximum absolute atomic E-state index is 4.85. The third kappa shape index (κ3) is 2.54. The molecule has 0 amide bonds. The van der Waals surface area contributed by atoms with Gasteiger partial charge in [0.1, 0.15) is 0 Å². The third-order valence-corrected chi connectivity index (χ3v) is 14.3. The van der Waals surface area contributed by atoms with Crippen LogP contribution in [0.4, 0.5) is 0 Å². The smallest absolute Gasteiger partial charge is 0.0446 e. The van der Waals surface area contributed by atoms with Crippen molar-refractivity contribution in [3.05, 3.63) is 48.6 Å². The van der Waals surface area contributed by atoms with Crippen molar-refractivity contribution in [3.8, 4) is 0 Å². The lowest BCUT2D eigenvalue weighted by Gasteiger charge is -2.68. The zero-order valence-electron chi connectivity index (χ0n) is 21.2. The molecule has 1 heteroatoms. The summed E-state index contributed by atoms with van der Waals surface area (Å²) in [5.41, 5.74) is 4.03. The Bertz CT molecular complexity index is 842. The van der Waals surface area contributed by atoms with Crippen LogP contribution in [-0.2, 0) is 0 Å². The first-order chi connectivity index (χ1) is 14.4. The summed E-state index contributed by atoms with van der Waals surface area (Å²) in [5.74, 6) is 2.37. The number of hydrogen-bond acceptors (Lipinski definition) is 0. The Morgan fingerprint density at radius 3 is 2.29 bits per heavy atom. The van der Waals surface area contributed by atoms with Crippen molar-refractivity contribution in [3.63, 3.8) is 0 Å². The Kier molecular flexibility index (Phi) is 5.65. The van der Waals surface area contributed by atoms with Crippen LogP contribution in [0, 0.1) is 45.3 Å². The van der Waals surface area contributed by atoms with E-state index in [1.807, 2.05) is 0 Å². The van der Waals surface area contributed by atoms with Gasteiger partial charge in [-0.15, -0.1) is 6.58 Å². The monoisotopic (exact) mass is 532 g/mol. The van der Waals surface area contributed by atoms with E-state index in [0.717, 1.165) is 12.3 Å². The number of allylic oxidation sites excluding steroid dienone is 6. The minimum Gasteiger partial charge on any atom is -0.102 e. The highest BCUT2D eigenvalue weighted by Gasteiger charge is 2.76. The molecule has 4 aliphatic carbocycles. The molecule has 0 heterocycles. The lowest BCUT2D eigenvalue weighted by atomic mass is 9.39. The second kappa shape index (κ2) is 7.34. The van der Waals surface area contributed by atoms with Gasteiger partial charge in [0.05, 0.1) is 0 Å². The quantitative estimate of drug-likeness (QED) is 0.193. The fourth-order valence-corrected chi connectivity index (χ4v) is 11.7. The van der Waals surface area contributed by atoms with Crippen molar-refractivity contribution in [2.24, 2.45) is 45.3 Å². The molecular formula is C30H45I. The Hall–Kier alpha value is -0.310. The van der Waals surface area contributed by atoms with Crippen molar-refractivity contribution >= 4 is 22.6 Å². The molecule has 0 aliphatic heterocycles. The van der Waals surface area contributed by atoms with Gasteiger partial charge in [0.2, 0.25) is 0 Å². The highest BCUT2D eigenvalue weighted by molar-refractivity contribution is 14.1. The van der Waals surface area contributed by atoms with Gasteiger partial charge in [0, 0.05) is 20.2 Å². The average molecular weight is 533 g/mol. The molecule has 0 saturated heterocycles. The van der Waals surface area contributed by atoms with Gasteiger partial charge in [-0.1, -0.05) is 113 Å². The van der Waals surface area contributed by atoms with Gasteiger partial charge in [-0.05, 0) is 67.1 Å². The summed E-state index contributed by atoms with van der Waals surface area (Å²) in [5, 5.41) is 0. The van der Waals surface area contributed by atoms with E-state index < -0.39 is 0 Å². The van der Waals surface area contributed by atoms with Gasteiger partial charge >= 0.3 is 0 Å². The molecule has 31 heavy (non-hydrogen) atoms. The van der Waals surface area contributed by atoms with E-state index >= 15 is 0 Å². The first-order valence-electron chi connectivity index (χ1n) is 12.8. The summed E-state index contributed by atoms with van der Waals surface area (Å²) in [7, 11) is 0. The molecule has 0 N–H and O–H groups in total. The molecule has 3 saturated carbocycles. The van der Waals surface area contributed by atoms with Gasteiger partial charge in [0.25, 0.3) is 0 Å². The van der Waals surface area contributed by atoms with E-state index in [2.05, 4.69) is 102 Å². The van der Waals surface area contributed by atoms with Crippen LogP contribution in [0.2, 0.25) is 0 Å². The Morgan fingerprint density at radius 2 is 1.71 bits per heavy atom. The number of fused-ring (bicyclic) bond motifs is 5. The van der Waals surface area contributed by atoms with Gasteiger partial charge in [-0.25, -0.2) is 0 Å². The summed E-state index contributed by atoms with van der Waals surface area (Å²) in [6, 6.07) is 0. The van der Waals surface area contributed by atoms with Gasteiger partial charge in [-0.2, -0.15) is 0 Å². The van der Waals surface area contributed by atoms with Gasteiger partial charge < -0.3 is 0 Å². The van der Waals surface area contributed by atoms with Gasteiger partial charge in [-0.3, -0.25) is 0 Å². The van der Waals surface area contributed by atoms with E-state index in [4.69, 9.17) is 6.58 Å². The number of alkyl halides is 1. The molecule has 8 atom stereocenters. The molecule has 0 nitrogen and oxygen atoms in total. The average Bonchev–Trinajstić information content (AvgIpc) is 2.86. The summed E-state index contributed by atoms with van der Waals surface area (Å²) in [6.45, 7) is 27.0.